The largest absolute Gasteiger partial charge is 0.492 e. The highest BCUT2D eigenvalue weighted by Crippen LogP contribution is 2.23. The Morgan fingerprint density at radius 2 is 1.83 bits per heavy atom. The van der Waals surface area contributed by atoms with Crippen molar-refractivity contribution < 1.29 is 4.74 Å². The van der Waals surface area contributed by atoms with E-state index in [-0.39, 0.29) is 0 Å². The van der Waals surface area contributed by atoms with Crippen LogP contribution in [0.2, 0.25) is 0 Å². The number of aromatic amines is 1. The van der Waals surface area contributed by atoms with Gasteiger partial charge in [-0.25, -0.2) is 9.97 Å². The summed E-state index contributed by atoms with van der Waals surface area (Å²) in [6.07, 6.45) is 1.60. The fourth-order valence-electron chi connectivity index (χ4n) is 3.23. The summed E-state index contributed by atoms with van der Waals surface area (Å²) in [5.74, 6) is 2.55. The van der Waals surface area contributed by atoms with Gasteiger partial charge in [-0.1, -0.05) is 30.3 Å². The second kappa shape index (κ2) is 7.70. The Morgan fingerprint density at radius 1 is 1.00 bits per heavy atom. The van der Waals surface area contributed by atoms with E-state index in [1.165, 1.54) is 0 Å². The van der Waals surface area contributed by atoms with Crippen molar-refractivity contribution in [1.29, 1.82) is 0 Å². The van der Waals surface area contributed by atoms with Crippen LogP contribution in [0.25, 0.3) is 22.2 Å². The number of para-hydroxylation sites is 3. The van der Waals surface area contributed by atoms with Gasteiger partial charge in [0.2, 0.25) is 11.9 Å². The lowest BCUT2D eigenvalue weighted by Gasteiger charge is -2.10. The normalized spacial score (nSPS) is 11.1. The number of benzene rings is 2. The summed E-state index contributed by atoms with van der Waals surface area (Å²) in [5.41, 5.74) is 3.24. The van der Waals surface area contributed by atoms with Crippen molar-refractivity contribution in [3.63, 3.8) is 0 Å². The molecule has 150 valence electrons. The van der Waals surface area contributed by atoms with Gasteiger partial charge in [0, 0.05) is 7.05 Å². The molecule has 3 N–H and O–H groups in total. The first-order valence-corrected chi connectivity index (χ1v) is 9.59. The van der Waals surface area contributed by atoms with Gasteiger partial charge in [0.05, 0.1) is 23.9 Å². The zero-order valence-electron chi connectivity index (χ0n) is 16.3. The summed E-state index contributed by atoms with van der Waals surface area (Å²) in [6, 6.07) is 17.6. The number of imidazole rings is 2. The van der Waals surface area contributed by atoms with Crippen LogP contribution in [0.5, 0.6) is 5.75 Å². The van der Waals surface area contributed by atoms with E-state index in [0.29, 0.717) is 36.5 Å². The number of hydrogen-bond donors (Lipinski definition) is 3. The van der Waals surface area contributed by atoms with Crippen LogP contribution in [-0.4, -0.2) is 42.6 Å². The van der Waals surface area contributed by atoms with Crippen molar-refractivity contribution >= 4 is 39.9 Å². The number of aryl methyl sites for hydroxylation is 1. The van der Waals surface area contributed by atoms with Crippen molar-refractivity contribution in [2.45, 2.75) is 0 Å². The number of aromatic nitrogens is 6. The first-order chi connectivity index (χ1) is 14.8. The van der Waals surface area contributed by atoms with Crippen LogP contribution in [0, 0.1) is 0 Å². The summed E-state index contributed by atoms with van der Waals surface area (Å²) in [5, 5.41) is 6.50. The van der Waals surface area contributed by atoms with Crippen LogP contribution in [-0.2, 0) is 7.05 Å². The third-order valence-electron chi connectivity index (χ3n) is 4.70. The Hall–Kier alpha value is -4.14. The van der Waals surface area contributed by atoms with Crippen LogP contribution in [0.4, 0.5) is 17.7 Å². The van der Waals surface area contributed by atoms with E-state index in [9.17, 15) is 0 Å². The summed E-state index contributed by atoms with van der Waals surface area (Å²) in [6.45, 7) is 1.07. The average molecular weight is 400 g/mol. The molecule has 0 saturated heterocycles. The van der Waals surface area contributed by atoms with E-state index in [1.807, 2.05) is 66.2 Å². The van der Waals surface area contributed by atoms with Gasteiger partial charge < -0.3 is 19.6 Å². The Kier molecular flexibility index (Phi) is 4.60. The fourth-order valence-corrected chi connectivity index (χ4v) is 3.23. The number of H-pyrrole nitrogens is 1. The number of rotatable bonds is 7. The maximum Gasteiger partial charge on any atom is 0.233 e. The highest BCUT2D eigenvalue weighted by Gasteiger charge is 2.13. The molecule has 0 spiro atoms. The first kappa shape index (κ1) is 17.9. The predicted octanol–water partition coefficient (Wildman–Crippen LogP) is 3.47. The zero-order valence-corrected chi connectivity index (χ0v) is 16.3. The second-order valence-electron chi connectivity index (χ2n) is 6.69. The lowest BCUT2D eigenvalue weighted by atomic mass is 10.3. The van der Waals surface area contributed by atoms with Crippen LogP contribution in [0.15, 0.2) is 60.9 Å². The molecule has 0 aliphatic heterocycles. The summed E-state index contributed by atoms with van der Waals surface area (Å²) in [4.78, 5) is 21.1. The van der Waals surface area contributed by atoms with Crippen molar-refractivity contribution in [3.8, 4) is 5.75 Å². The smallest absolute Gasteiger partial charge is 0.233 e. The third kappa shape index (κ3) is 3.48. The Labute approximate surface area is 172 Å². The topological polar surface area (TPSA) is 106 Å². The Morgan fingerprint density at radius 3 is 2.70 bits per heavy atom. The quantitative estimate of drug-likeness (QED) is 0.359. The van der Waals surface area contributed by atoms with Gasteiger partial charge in [0.1, 0.15) is 17.9 Å². The van der Waals surface area contributed by atoms with E-state index in [1.54, 1.807) is 6.33 Å². The Balaban J connectivity index is 1.35. The first-order valence-electron chi connectivity index (χ1n) is 9.59. The Bertz CT molecular complexity index is 1290. The van der Waals surface area contributed by atoms with Crippen LogP contribution in [0.1, 0.15) is 0 Å². The average Bonchev–Trinajstić information content (AvgIpc) is 3.37. The van der Waals surface area contributed by atoms with Crippen LogP contribution in [0.3, 0.4) is 0 Å². The molecule has 3 heterocycles. The number of hydrogen-bond acceptors (Lipinski definition) is 7. The van der Waals surface area contributed by atoms with E-state index >= 15 is 0 Å². The van der Waals surface area contributed by atoms with E-state index < -0.39 is 0 Å². The number of nitrogens with one attached hydrogen (secondary N) is 3. The van der Waals surface area contributed by atoms with Gasteiger partial charge in [0.25, 0.3) is 0 Å². The minimum Gasteiger partial charge on any atom is -0.492 e. The predicted molar refractivity (Wildman–Crippen MR) is 116 cm³/mol. The molecule has 9 heteroatoms. The van der Waals surface area contributed by atoms with Crippen molar-refractivity contribution in [2.75, 3.05) is 23.8 Å². The maximum absolute atomic E-state index is 5.74. The highest BCUT2D eigenvalue weighted by atomic mass is 16.5. The molecule has 0 bridgehead atoms. The van der Waals surface area contributed by atoms with Gasteiger partial charge in [-0.05, 0) is 24.3 Å². The van der Waals surface area contributed by atoms with Crippen molar-refractivity contribution in [1.82, 2.24) is 29.5 Å². The lowest BCUT2D eigenvalue weighted by Crippen LogP contribution is -2.14. The van der Waals surface area contributed by atoms with E-state index in [2.05, 4.69) is 35.6 Å². The molecular formula is C21H20N8O. The molecule has 0 aliphatic rings. The van der Waals surface area contributed by atoms with Crippen LogP contribution >= 0.6 is 0 Å². The summed E-state index contributed by atoms with van der Waals surface area (Å²) < 4.78 is 7.70. The molecule has 0 fully saturated rings. The van der Waals surface area contributed by atoms with Gasteiger partial charge >= 0.3 is 0 Å². The molecule has 0 aliphatic carbocycles. The number of anilines is 3. The number of fused-ring (bicyclic) bond motifs is 2. The molecule has 5 rings (SSSR count). The molecule has 0 amide bonds. The molecule has 3 aromatic heterocycles. The maximum atomic E-state index is 5.74. The molecule has 2 aromatic carbocycles. The van der Waals surface area contributed by atoms with Gasteiger partial charge in [-0.3, -0.25) is 5.32 Å². The molecular weight excluding hydrogens is 380 g/mol. The minimum absolute atomic E-state index is 0.416. The standard InChI is InChI=1S/C21H20N8O/c1-29-16-10-6-5-9-15(16)25-21(29)28-20-26-18(17-19(27-20)24-13-23-17)22-11-12-30-14-7-3-2-4-8-14/h2-10,13H,11-12H2,1H3,(H3,22,23,24,25,26,27,28). The zero-order chi connectivity index (χ0) is 20.3. The van der Waals surface area contributed by atoms with Crippen molar-refractivity contribution in [2.24, 2.45) is 7.05 Å². The van der Waals surface area contributed by atoms with Gasteiger partial charge in [0.15, 0.2) is 11.5 Å². The van der Waals surface area contributed by atoms with Crippen molar-refractivity contribution in [3.05, 3.63) is 60.9 Å². The molecule has 9 nitrogen and oxygen atoms in total. The van der Waals surface area contributed by atoms with E-state index in [0.717, 1.165) is 22.3 Å². The molecule has 0 unspecified atom stereocenters. The monoisotopic (exact) mass is 400 g/mol. The second-order valence-corrected chi connectivity index (χ2v) is 6.69. The molecule has 0 saturated carbocycles. The van der Waals surface area contributed by atoms with E-state index in [4.69, 9.17) is 4.74 Å². The summed E-state index contributed by atoms with van der Waals surface area (Å²) >= 11 is 0. The molecule has 0 atom stereocenters. The molecule has 30 heavy (non-hydrogen) atoms. The van der Waals surface area contributed by atoms with Gasteiger partial charge in [-0.2, -0.15) is 9.97 Å². The molecule has 5 aromatic rings. The number of ether oxygens (including phenoxy) is 1. The minimum atomic E-state index is 0.416. The summed E-state index contributed by atoms with van der Waals surface area (Å²) in [7, 11) is 1.95. The SMILES string of the molecule is Cn1c(Nc2nc(NCCOc3ccccc3)c3[nH]cnc3n2)nc2ccccc21. The molecule has 0 radical (unpaired) electrons. The van der Waals surface area contributed by atoms with Crippen LogP contribution < -0.4 is 15.4 Å². The fraction of sp³-hybridized carbons (Fsp3) is 0.143. The highest BCUT2D eigenvalue weighted by molar-refractivity contribution is 5.84. The number of nitrogens with zero attached hydrogens (tertiary/aromatic N) is 5. The third-order valence-corrected chi connectivity index (χ3v) is 4.70. The van der Waals surface area contributed by atoms with Gasteiger partial charge in [-0.15, -0.1) is 0 Å². The lowest BCUT2D eigenvalue weighted by molar-refractivity contribution is 0.333.